The summed E-state index contributed by atoms with van der Waals surface area (Å²) in [5, 5.41) is 20.2. The SMILES string of the molecule is O[C@@H]1[C@@H]2[C@H]3[C@H](O)[C@@H]4[C@H]5C[C@H]([C@@H]2[C@@H]53)[C@H]14. The van der Waals surface area contributed by atoms with Crippen LogP contribution in [0.3, 0.4) is 0 Å². The van der Waals surface area contributed by atoms with Gasteiger partial charge in [0.1, 0.15) is 0 Å². The largest absolute Gasteiger partial charge is 0.393 e. The van der Waals surface area contributed by atoms with Gasteiger partial charge in [0.15, 0.2) is 0 Å². The van der Waals surface area contributed by atoms with Crippen molar-refractivity contribution in [2.45, 2.75) is 18.6 Å². The molecule has 70 valence electrons. The van der Waals surface area contributed by atoms with E-state index >= 15 is 0 Å². The van der Waals surface area contributed by atoms with Crippen LogP contribution in [-0.4, -0.2) is 22.4 Å². The first-order chi connectivity index (χ1) is 6.30. The highest BCUT2D eigenvalue weighted by atomic mass is 16.3. The lowest BCUT2D eigenvalue weighted by Crippen LogP contribution is -2.51. The monoisotopic (exact) mass is 178 g/mol. The van der Waals surface area contributed by atoms with Crippen molar-refractivity contribution in [1.82, 2.24) is 0 Å². The van der Waals surface area contributed by atoms with Crippen LogP contribution < -0.4 is 0 Å². The molecular weight excluding hydrogens is 164 g/mol. The maximum Gasteiger partial charge on any atom is 0.0609 e. The van der Waals surface area contributed by atoms with Gasteiger partial charge in [-0.2, -0.15) is 0 Å². The molecule has 5 aliphatic rings. The fourth-order valence-corrected chi connectivity index (χ4v) is 6.44. The van der Waals surface area contributed by atoms with Crippen LogP contribution in [0.4, 0.5) is 0 Å². The van der Waals surface area contributed by atoms with E-state index in [-0.39, 0.29) is 12.2 Å². The van der Waals surface area contributed by atoms with Crippen molar-refractivity contribution < 1.29 is 10.2 Å². The quantitative estimate of drug-likeness (QED) is 0.552. The zero-order valence-corrected chi connectivity index (χ0v) is 7.38. The van der Waals surface area contributed by atoms with Gasteiger partial charge in [-0.1, -0.05) is 0 Å². The van der Waals surface area contributed by atoms with Gasteiger partial charge in [-0.25, -0.2) is 0 Å². The van der Waals surface area contributed by atoms with Crippen LogP contribution in [0.15, 0.2) is 0 Å². The maximum absolute atomic E-state index is 10.1. The summed E-state index contributed by atoms with van der Waals surface area (Å²) in [6, 6.07) is 0. The average molecular weight is 178 g/mol. The van der Waals surface area contributed by atoms with E-state index in [1.807, 2.05) is 0 Å². The summed E-state index contributed by atoms with van der Waals surface area (Å²) in [5.41, 5.74) is 0. The lowest BCUT2D eigenvalue weighted by Gasteiger charge is -2.47. The minimum atomic E-state index is -0.0304. The average Bonchev–Trinajstić information content (AvgIpc) is 2.52. The number of hydrogen-bond donors (Lipinski definition) is 2. The molecule has 0 heterocycles. The molecule has 5 fully saturated rings. The van der Waals surface area contributed by atoms with E-state index in [9.17, 15) is 10.2 Å². The Morgan fingerprint density at radius 1 is 0.615 bits per heavy atom. The third-order valence-electron chi connectivity index (χ3n) is 6.32. The van der Waals surface area contributed by atoms with Gasteiger partial charge >= 0.3 is 0 Å². The molecule has 5 saturated carbocycles. The summed E-state index contributed by atoms with van der Waals surface area (Å²) >= 11 is 0. The molecule has 2 heteroatoms. The van der Waals surface area contributed by atoms with Gasteiger partial charge in [0.2, 0.25) is 0 Å². The number of rotatable bonds is 0. The molecule has 13 heavy (non-hydrogen) atoms. The maximum atomic E-state index is 10.1. The van der Waals surface area contributed by atoms with Crippen molar-refractivity contribution in [1.29, 1.82) is 0 Å². The highest BCUT2D eigenvalue weighted by molar-refractivity contribution is 5.30. The first-order valence-electron chi connectivity index (χ1n) is 5.67. The molecule has 2 bridgehead atoms. The highest BCUT2D eigenvalue weighted by Gasteiger charge is 2.83. The fourth-order valence-electron chi connectivity index (χ4n) is 6.44. The van der Waals surface area contributed by atoms with Gasteiger partial charge in [-0.3, -0.25) is 0 Å². The van der Waals surface area contributed by atoms with Crippen LogP contribution in [0, 0.1) is 47.3 Å². The van der Waals surface area contributed by atoms with E-state index in [0.717, 1.165) is 23.7 Å². The van der Waals surface area contributed by atoms with Crippen molar-refractivity contribution in [3.63, 3.8) is 0 Å². The molecule has 0 saturated heterocycles. The highest BCUT2D eigenvalue weighted by Crippen LogP contribution is 2.82. The predicted octanol–water partition coefficient (Wildman–Crippen LogP) is 0.0959. The van der Waals surface area contributed by atoms with E-state index in [2.05, 4.69) is 0 Å². The van der Waals surface area contributed by atoms with Gasteiger partial charge < -0.3 is 10.2 Å². The van der Waals surface area contributed by atoms with E-state index in [0.29, 0.717) is 23.7 Å². The van der Waals surface area contributed by atoms with E-state index in [4.69, 9.17) is 0 Å². The van der Waals surface area contributed by atoms with Crippen LogP contribution in [0.25, 0.3) is 0 Å². The molecule has 0 unspecified atom stereocenters. The van der Waals surface area contributed by atoms with Gasteiger partial charge in [-0.15, -0.1) is 0 Å². The third kappa shape index (κ3) is 0.375. The Labute approximate surface area is 76.9 Å². The molecule has 0 aromatic carbocycles. The minimum absolute atomic E-state index is 0.0304. The topological polar surface area (TPSA) is 40.5 Å². The second kappa shape index (κ2) is 1.49. The fraction of sp³-hybridized carbons (Fsp3) is 1.00. The van der Waals surface area contributed by atoms with Gasteiger partial charge in [-0.05, 0) is 53.8 Å². The van der Waals surface area contributed by atoms with Crippen molar-refractivity contribution in [2.24, 2.45) is 47.3 Å². The lowest BCUT2D eigenvalue weighted by atomic mass is 9.58. The van der Waals surface area contributed by atoms with Crippen LogP contribution in [0.2, 0.25) is 0 Å². The molecule has 2 N–H and O–H groups in total. The van der Waals surface area contributed by atoms with Crippen LogP contribution in [-0.2, 0) is 0 Å². The summed E-state index contributed by atoms with van der Waals surface area (Å²) in [6.45, 7) is 0. The number of hydrogen-bond acceptors (Lipinski definition) is 2. The minimum Gasteiger partial charge on any atom is -0.393 e. The molecule has 0 aliphatic heterocycles. The molecule has 0 spiro atoms. The Hall–Kier alpha value is -0.0800. The molecule has 10 atom stereocenters. The predicted molar refractivity (Wildman–Crippen MR) is 44.6 cm³/mol. The molecule has 2 nitrogen and oxygen atoms in total. The molecular formula is C11H14O2. The number of fused-ring (bicyclic) bond motifs is 2. The Kier molecular flexibility index (Phi) is 0.733. The summed E-state index contributed by atoms with van der Waals surface area (Å²) in [4.78, 5) is 0. The van der Waals surface area contributed by atoms with Crippen LogP contribution in [0.5, 0.6) is 0 Å². The smallest absolute Gasteiger partial charge is 0.0609 e. The Balaban J connectivity index is 1.83. The summed E-state index contributed by atoms with van der Waals surface area (Å²) in [5.74, 6) is 5.33. The van der Waals surface area contributed by atoms with E-state index < -0.39 is 0 Å². The van der Waals surface area contributed by atoms with Crippen molar-refractivity contribution in [3.8, 4) is 0 Å². The van der Waals surface area contributed by atoms with Gasteiger partial charge in [0.25, 0.3) is 0 Å². The van der Waals surface area contributed by atoms with E-state index in [1.165, 1.54) is 6.42 Å². The zero-order valence-electron chi connectivity index (χ0n) is 7.38. The molecule has 0 amide bonds. The molecule has 0 aromatic heterocycles. The molecule has 0 aromatic rings. The molecule has 5 rings (SSSR count). The molecule has 5 aliphatic carbocycles. The van der Waals surface area contributed by atoms with Gasteiger partial charge in [0.05, 0.1) is 12.2 Å². The molecule has 0 radical (unpaired) electrons. The van der Waals surface area contributed by atoms with Crippen molar-refractivity contribution in [3.05, 3.63) is 0 Å². The van der Waals surface area contributed by atoms with Gasteiger partial charge in [0, 0.05) is 0 Å². The second-order valence-corrected chi connectivity index (χ2v) is 6.01. The lowest BCUT2D eigenvalue weighted by molar-refractivity contribution is -0.109. The number of aliphatic hydroxyl groups is 2. The van der Waals surface area contributed by atoms with Crippen LogP contribution >= 0.6 is 0 Å². The summed E-state index contributed by atoms with van der Waals surface area (Å²) in [6.07, 6.45) is 1.28. The summed E-state index contributed by atoms with van der Waals surface area (Å²) in [7, 11) is 0. The Morgan fingerprint density at radius 2 is 1.08 bits per heavy atom. The second-order valence-electron chi connectivity index (χ2n) is 6.01. The first-order valence-corrected chi connectivity index (χ1v) is 5.67. The van der Waals surface area contributed by atoms with Crippen LogP contribution in [0.1, 0.15) is 6.42 Å². The zero-order chi connectivity index (χ0) is 8.48. The summed E-state index contributed by atoms with van der Waals surface area (Å²) < 4.78 is 0. The third-order valence-corrected chi connectivity index (χ3v) is 6.32. The van der Waals surface area contributed by atoms with E-state index in [1.54, 1.807) is 0 Å². The van der Waals surface area contributed by atoms with Crippen molar-refractivity contribution in [2.75, 3.05) is 0 Å². The number of aliphatic hydroxyl groups excluding tert-OH is 2. The standard InChI is InChI=1S/C11H14O2/c12-10-6-2-1-3-5-4(2)8(10)9(5)11(13)7(3)6/h2-13H,1H2/t2-,3+,4-,5-,6+,7-,8+,9+,10+,11-/m1/s1. The Morgan fingerprint density at radius 3 is 1.54 bits per heavy atom. The first kappa shape index (κ1) is 6.41. The van der Waals surface area contributed by atoms with Crippen molar-refractivity contribution >= 4 is 0 Å². The Bertz CT molecular complexity index is 281. The normalized spacial score (nSPS) is 85.4.